The van der Waals surface area contributed by atoms with Gasteiger partial charge in [-0.05, 0) is 67.1 Å². The predicted molar refractivity (Wildman–Crippen MR) is 221 cm³/mol. The molecule has 4 aromatic rings. The second-order valence-corrected chi connectivity index (χ2v) is 20.6. The zero-order valence-corrected chi connectivity index (χ0v) is 55.2. The van der Waals surface area contributed by atoms with Crippen LogP contribution < -0.4 is 208 Å². The van der Waals surface area contributed by atoms with Crippen LogP contribution in [0.1, 0.15) is 33.2 Å². The van der Waals surface area contributed by atoms with E-state index < -0.39 is 155 Å². The van der Waals surface area contributed by atoms with Crippen LogP contribution in [0.4, 0.5) is 17.1 Å². The number of carbonyl (C=O) groups excluding carboxylic acids is 3. The van der Waals surface area contributed by atoms with Gasteiger partial charge in [0, 0.05) is 22.4 Å². The SMILES string of the molecule is CCOc1cc(N/N=C2\C=C(C(=O)[O-])C(=O)C(S(=O)(=O)[O-])=C2)c2cc(S(=O)(=O)[O-])ccc2c1N/N=C1/C(=O)c2c(cc(S(=O)(=O)[O-])cc2NS(=O)(=O)c2ccc([O-])c(C(=O)O)c2)C=C1S(=O)(=O)[O-].[Na+].[Na+].[Na+].[Na+].[Na+].[Na+]. The number of sulfonamides is 1. The molecule has 358 valence electrons. The molecule has 2 aliphatic carbocycles. The first-order valence-electron chi connectivity index (χ1n) is 17.8. The smallest absolute Gasteiger partial charge is 0.872 e. The van der Waals surface area contributed by atoms with Crippen LogP contribution in [-0.2, 0) is 60.1 Å². The van der Waals surface area contributed by atoms with Gasteiger partial charge in [0.05, 0.1) is 60.4 Å². The fourth-order valence-electron chi connectivity index (χ4n) is 6.25. The average molecular weight is 1170 g/mol. The van der Waals surface area contributed by atoms with Crippen LogP contribution in [0.25, 0.3) is 16.8 Å². The third-order valence-electron chi connectivity index (χ3n) is 9.17. The van der Waals surface area contributed by atoms with Crippen LogP contribution in [0, 0.1) is 0 Å². The molecular formula is C36H21N5Na6O22S5. The molecule has 0 amide bonds. The van der Waals surface area contributed by atoms with Gasteiger partial charge in [0.2, 0.25) is 11.6 Å². The summed E-state index contributed by atoms with van der Waals surface area (Å²) >= 11 is 0. The van der Waals surface area contributed by atoms with Gasteiger partial charge in [-0.3, -0.25) is 25.2 Å². The van der Waals surface area contributed by atoms with Gasteiger partial charge in [0.25, 0.3) is 10.0 Å². The van der Waals surface area contributed by atoms with Gasteiger partial charge in [-0.15, -0.1) is 0 Å². The number of allylic oxidation sites excluding steroid dienone is 4. The van der Waals surface area contributed by atoms with Crippen molar-refractivity contribution in [2.24, 2.45) is 10.2 Å². The summed E-state index contributed by atoms with van der Waals surface area (Å²) in [4.78, 5) is 43.5. The number of hydrogen-bond donors (Lipinski definition) is 4. The van der Waals surface area contributed by atoms with Crippen molar-refractivity contribution in [3.8, 4) is 11.5 Å². The number of ketones is 2. The molecule has 6 rings (SSSR count). The zero-order valence-electron chi connectivity index (χ0n) is 39.1. The topological polar surface area (TPSA) is 468 Å². The van der Waals surface area contributed by atoms with Gasteiger partial charge in [-0.1, -0.05) is 17.9 Å². The molecule has 0 heterocycles. The maximum absolute atomic E-state index is 14.3. The summed E-state index contributed by atoms with van der Waals surface area (Å²) in [6, 6.07) is 5.62. The number of benzene rings is 4. The quantitative estimate of drug-likeness (QED) is 0.0282. The van der Waals surface area contributed by atoms with Gasteiger partial charge in [0.15, 0.2) is 0 Å². The van der Waals surface area contributed by atoms with Gasteiger partial charge in [-0.25, -0.2) is 46.9 Å². The monoisotopic (exact) mass is 1170 g/mol. The molecule has 0 radical (unpaired) electrons. The van der Waals surface area contributed by atoms with Gasteiger partial charge in [0.1, 0.15) is 62.5 Å². The number of nitrogens with zero attached hydrogens (tertiary/aromatic N) is 2. The Kier molecular flexibility index (Phi) is 27.1. The fraction of sp³-hybridized carbons (Fsp3) is 0.0556. The third kappa shape index (κ3) is 16.3. The Balaban J connectivity index is 0.00000888. The number of Topliss-reactive ketones (excluding diaryl/α,β-unsaturated/α-hetero) is 2. The first kappa shape index (κ1) is 72.6. The van der Waals surface area contributed by atoms with Crippen molar-refractivity contribution < 1.29 is 277 Å². The van der Waals surface area contributed by atoms with Gasteiger partial charge in [-0.2, -0.15) is 10.2 Å². The summed E-state index contributed by atoms with van der Waals surface area (Å²) < 4.78 is 181. The Morgan fingerprint density at radius 3 is 1.74 bits per heavy atom. The molecule has 27 nitrogen and oxygen atoms in total. The molecule has 0 saturated carbocycles. The van der Waals surface area contributed by atoms with Crippen molar-refractivity contribution in [1.29, 1.82) is 0 Å². The molecule has 0 saturated heterocycles. The first-order valence-corrected chi connectivity index (χ1v) is 24.9. The second kappa shape index (κ2) is 27.6. The number of rotatable bonds is 15. The standard InChI is InChI=1S/C36H27N5O22S5.6Na/c1-2-63-27-14-24(38-37-16-9-23(36(47)48)33(43)29(10-16)68(60,61)62)21-12-18(65(51,52)53)3-5-20(21)31(27)39-40-32-28(67(57,58)59)8-15-7-19(66(54,55)56)13-25(30(15)34(32)44)41-64(49,50)17-4-6-26(42)22(11-17)35(45)46;;;;;;/h3-14,38-39,41-42H,2H2,1H3,(H,45,46)(H,47,48)(H,51,52,53)(H,54,55,56)(H,57,58,59)(H,60,61,62);;;;;;/q;6*+1/p-6/b37-16+,40-32+;;;;;;. The minimum atomic E-state index is -5.86. The van der Waals surface area contributed by atoms with Crippen molar-refractivity contribution >= 4 is 119 Å². The van der Waals surface area contributed by atoms with E-state index >= 15 is 0 Å². The maximum Gasteiger partial charge on any atom is 1.00 e. The average Bonchev–Trinajstić information content (AvgIpc) is 3.21. The van der Waals surface area contributed by atoms with Crippen LogP contribution in [0.5, 0.6) is 11.5 Å². The summed E-state index contributed by atoms with van der Waals surface area (Å²) in [6.45, 7) is 1.15. The van der Waals surface area contributed by atoms with Crippen molar-refractivity contribution in [1.82, 2.24) is 0 Å². The van der Waals surface area contributed by atoms with Gasteiger partial charge < -0.3 is 43.1 Å². The van der Waals surface area contributed by atoms with Gasteiger partial charge >= 0.3 is 183 Å². The maximum atomic E-state index is 14.3. The molecular weight excluding hydrogens is 1150 g/mol. The number of carbonyl (C=O) groups is 4. The molecule has 0 aromatic heterocycles. The first-order chi connectivity index (χ1) is 31.3. The van der Waals surface area contributed by atoms with E-state index in [-0.39, 0.29) is 200 Å². The minimum absolute atomic E-state index is 0. The normalized spacial score (nSPS) is 14.6. The number of hydrazone groups is 2. The Hall–Kier alpha value is -1.43. The van der Waals surface area contributed by atoms with E-state index in [0.29, 0.717) is 54.6 Å². The minimum Gasteiger partial charge on any atom is -0.872 e. The Bertz CT molecular complexity index is 3760. The summed E-state index contributed by atoms with van der Waals surface area (Å²) in [7, 11) is -27.5. The number of carboxylic acids is 2. The molecule has 4 N–H and O–H groups in total. The summed E-state index contributed by atoms with van der Waals surface area (Å²) in [5.41, 5.74) is -3.61. The molecule has 74 heavy (non-hydrogen) atoms. The summed E-state index contributed by atoms with van der Waals surface area (Å²) in [5, 5.41) is 39.8. The molecule has 0 bridgehead atoms. The number of ether oxygens (including phenoxy) is 1. The third-order valence-corrected chi connectivity index (χ3v) is 13.9. The van der Waals surface area contributed by atoms with E-state index in [9.17, 15) is 94.8 Å². The molecule has 4 aromatic carbocycles. The number of anilines is 3. The van der Waals surface area contributed by atoms with Crippen LogP contribution in [0.15, 0.2) is 107 Å². The summed E-state index contributed by atoms with van der Waals surface area (Å²) in [5.74, 6) is -9.02. The Morgan fingerprint density at radius 1 is 0.635 bits per heavy atom. The second-order valence-electron chi connectivity index (χ2n) is 13.5. The van der Waals surface area contributed by atoms with Crippen molar-refractivity contribution in [3.05, 3.63) is 98.8 Å². The number of nitrogens with one attached hydrogen (secondary N) is 3. The van der Waals surface area contributed by atoms with E-state index in [1.807, 2.05) is 0 Å². The molecule has 0 atom stereocenters. The van der Waals surface area contributed by atoms with E-state index in [4.69, 9.17) is 4.74 Å². The van der Waals surface area contributed by atoms with Crippen molar-refractivity contribution in [3.63, 3.8) is 0 Å². The number of hydrogen-bond acceptors (Lipinski definition) is 25. The number of carboxylic acid groups (broad SMARTS) is 2. The molecule has 38 heteroatoms. The van der Waals surface area contributed by atoms with E-state index in [1.54, 1.807) is 4.72 Å². The number of aromatic carboxylic acids is 1. The molecule has 0 spiro atoms. The fourth-order valence-corrected chi connectivity index (χ4v) is 9.62. The molecule has 0 aliphatic heterocycles. The Morgan fingerprint density at radius 2 is 1.22 bits per heavy atom. The molecule has 0 fully saturated rings. The van der Waals surface area contributed by atoms with Crippen molar-refractivity contribution in [2.45, 2.75) is 21.6 Å². The summed E-state index contributed by atoms with van der Waals surface area (Å²) in [6.07, 6.45) is 1.22. The van der Waals surface area contributed by atoms with Crippen molar-refractivity contribution in [2.75, 3.05) is 22.2 Å². The van der Waals surface area contributed by atoms with E-state index in [2.05, 4.69) is 21.1 Å². The van der Waals surface area contributed by atoms with Crippen LogP contribution in [0.3, 0.4) is 0 Å². The number of aliphatic carboxylic acids is 1. The largest absolute Gasteiger partial charge is 1.00 e. The van der Waals surface area contributed by atoms with Crippen LogP contribution in [-0.4, -0.2) is 107 Å². The Labute approximate surface area is 552 Å². The predicted octanol–water partition coefficient (Wildman–Crippen LogP) is -19.4. The van der Waals surface area contributed by atoms with Crippen LogP contribution in [0.2, 0.25) is 0 Å². The number of fused-ring (bicyclic) bond motifs is 2. The molecule has 0 unspecified atom stereocenters. The zero-order chi connectivity index (χ0) is 50.6. The van der Waals surface area contributed by atoms with E-state index in [1.165, 1.54) is 6.92 Å². The van der Waals surface area contributed by atoms with E-state index in [0.717, 1.165) is 18.2 Å². The van der Waals surface area contributed by atoms with Crippen LogP contribution >= 0.6 is 0 Å². The molecule has 2 aliphatic rings.